The number of pyridine rings is 1. The molecule has 2 N–H and O–H groups in total. The monoisotopic (exact) mass is 492 g/mol. The minimum Gasteiger partial charge on any atom is -0.508 e. The summed E-state index contributed by atoms with van der Waals surface area (Å²) in [5.41, 5.74) is 0.968. The van der Waals surface area contributed by atoms with Crippen molar-refractivity contribution in [3.63, 3.8) is 0 Å². The molecule has 34 heavy (non-hydrogen) atoms. The van der Waals surface area contributed by atoms with Crippen LogP contribution < -0.4 is 10.1 Å². The molecule has 4 aromatic rings. The number of amides is 1. The average Bonchev–Trinajstić information content (AvgIpc) is 3.22. The number of halogens is 3. The first-order valence-corrected chi connectivity index (χ1v) is 11.1. The van der Waals surface area contributed by atoms with Crippen LogP contribution in [-0.2, 0) is 16.4 Å². The fourth-order valence-electron chi connectivity index (χ4n) is 3.09. The highest BCUT2D eigenvalue weighted by atomic mass is 32.2. The maximum atomic E-state index is 12.9. The molecule has 0 unspecified atom stereocenters. The summed E-state index contributed by atoms with van der Waals surface area (Å²) in [6.07, 6.45) is -2.09. The Bertz CT molecular complexity index is 1430. The number of nitrogens with zero attached hydrogens (tertiary/aromatic N) is 1. The maximum absolute atomic E-state index is 12.9. The number of alkyl halides is 3. The van der Waals surface area contributed by atoms with Crippen LogP contribution >= 0.6 is 0 Å². The Morgan fingerprint density at radius 3 is 2.50 bits per heavy atom. The zero-order valence-corrected chi connectivity index (χ0v) is 17.9. The third-order valence-corrected chi connectivity index (χ3v) is 6.47. The fraction of sp³-hybridized carbons (Fsp3) is 0.0909. The van der Waals surface area contributed by atoms with Crippen LogP contribution in [0.3, 0.4) is 0 Å². The van der Waals surface area contributed by atoms with Gasteiger partial charge < -0.3 is 19.6 Å². The molecule has 0 fully saturated rings. The normalized spacial score (nSPS) is 12.0. The van der Waals surface area contributed by atoms with Crippen LogP contribution in [0.2, 0.25) is 0 Å². The highest BCUT2D eigenvalue weighted by molar-refractivity contribution is 7.91. The smallest absolute Gasteiger partial charge is 0.508 e. The van der Waals surface area contributed by atoms with E-state index in [1.165, 1.54) is 30.5 Å². The first-order valence-electron chi connectivity index (χ1n) is 9.57. The minimum absolute atomic E-state index is 0.0308. The first kappa shape index (κ1) is 23.1. The van der Waals surface area contributed by atoms with Gasteiger partial charge >= 0.3 is 6.36 Å². The van der Waals surface area contributed by atoms with Crippen molar-refractivity contribution in [1.29, 1.82) is 0 Å². The van der Waals surface area contributed by atoms with E-state index in [2.05, 4.69) is 15.0 Å². The van der Waals surface area contributed by atoms with Crippen molar-refractivity contribution >= 4 is 26.7 Å². The van der Waals surface area contributed by atoms with Gasteiger partial charge in [-0.25, -0.2) is 8.42 Å². The second-order valence-electron chi connectivity index (χ2n) is 7.03. The van der Waals surface area contributed by atoms with Crippen molar-refractivity contribution in [2.24, 2.45) is 0 Å². The molecule has 0 aliphatic rings. The van der Waals surface area contributed by atoms with E-state index < -0.39 is 38.5 Å². The Kier molecular flexibility index (Phi) is 5.92. The van der Waals surface area contributed by atoms with Gasteiger partial charge in [0.05, 0.1) is 11.1 Å². The summed E-state index contributed by atoms with van der Waals surface area (Å²) in [6.45, 7) is 0.0308. The number of ether oxygens (including phenoxy) is 1. The lowest BCUT2D eigenvalue weighted by Crippen LogP contribution is -2.22. The largest absolute Gasteiger partial charge is 0.573 e. The number of rotatable bonds is 6. The molecular formula is C22H15F3N2O6S. The molecule has 12 heteroatoms. The molecule has 2 aromatic heterocycles. The standard InChI is InChI=1S/C22H15F3N2O6S/c23-22(24,25)33-17-6-3-15(28)10-20(17)34(30,31)16-4-1-13(2-5-16)11-27-21(29)18-9-14-7-8-26-12-19(14)32-18/h1-10,12,28H,11H2,(H,27,29). The molecule has 1 amide bonds. The van der Waals surface area contributed by atoms with Gasteiger partial charge in [0, 0.05) is 24.2 Å². The predicted molar refractivity (Wildman–Crippen MR) is 112 cm³/mol. The zero-order chi connectivity index (χ0) is 24.5. The average molecular weight is 492 g/mol. The number of aromatic hydroxyl groups is 1. The molecule has 0 aliphatic heterocycles. The molecular weight excluding hydrogens is 477 g/mol. The topological polar surface area (TPSA) is 119 Å². The third-order valence-electron chi connectivity index (χ3n) is 4.68. The summed E-state index contributed by atoms with van der Waals surface area (Å²) in [6, 6.07) is 10.6. The van der Waals surface area contributed by atoms with Crippen molar-refractivity contribution in [3.8, 4) is 11.5 Å². The summed E-state index contributed by atoms with van der Waals surface area (Å²) in [5, 5.41) is 12.9. The lowest BCUT2D eigenvalue weighted by Gasteiger charge is -2.14. The Labute approximate surface area is 190 Å². The van der Waals surface area contributed by atoms with E-state index in [0.717, 1.165) is 6.07 Å². The first-order chi connectivity index (χ1) is 16.0. The quantitative estimate of drug-likeness (QED) is 0.414. The van der Waals surface area contributed by atoms with E-state index in [-0.39, 0.29) is 17.2 Å². The van der Waals surface area contributed by atoms with Crippen molar-refractivity contribution in [1.82, 2.24) is 10.3 Å². The fourth-order valence-corrected chi connectivity index (χ4v) is 4.49. The zero-order valence-electron chi connectivity index (χ0n) is 17.0. The number of aromatic nitrogens is 1. The van der Waals surface area contributed by atoms with Crippen molar-refractivity contribution in [2.75, 3.05) is 0 Å². The van der Waals surface area contributed by atoms with Gasteiger partial charge in [-0.2, -0.15) is 0 Å². The number of hydrogen-bond donors (Lipinski definition) is 2. The summed E-state index contributed by atoms with van der Waals surface area (Å²) in [5.74, 6) is -1.94. The van der Waals surface area contributed by atoms with Gasteiger partial charge in [0.25, 0.3) is 5.91 Å². The molecule has 2 aromatic carbocycles. The van der Waals surface area contributed by atoms with E-state index in [9.17, 15) is 31.5 Å². The summed E-state index contributed by atoms with van der Waals surface area (Å²) >= 11 is 0. The van der Waals surface area contributed by atoms with E-state index in [1.807, 2.05) is 0 Å². The Morgan fingerprint density at radius 1 is 1.09 bits per heavy atom. The number of phenols is 1. The molecule has 8 nitrogen and oxygen atoms in total. The number of sulfone groups is 1. The number of hydrogen-bond acceptors (Lipinski definition) is 7. The second kappa shape index (κ2) is 8.71. The van der Waals surface area contributed by atoms with Crippen molar-refractivity contribution in [3.05, 3.63) is 78.3 Å². The molecule has 4 rings (SSSR count). The Balaban J connectivity index is 1.51. The van der Waals surface area contributed by atoms with E-state index >= 15 is 0 Å². The third kappa shape index (κ3) is 4.96. The van der Waals surface area contributed by atoms with E-state index in [4.69, 9.17) is 4.42 Å². The van der Waals surface area contributed by atoms with Crippen LogP contribution in [0.4, 0.5) is 13.2 Å². The molecule has 176 valence electrons. The number of benzene rings is 2. The Morgan fingerprint density at radius 2 is 1.82 bits per heavy atom. The van der Waals surface area contributed by atoms with Crippen molar-refractivity contribution < 1.29 is 40.6 Å². The van der Waals surface area contributed by atoms with Crippen LogP contribution in [0.15, 0.2) is 81.2 Å². The highest BCUT2D eigenvalue weighted by Crippen LogP contribution is 2.35. The van der Waals surface area contributed by atoms with E-state index in [0.29, 0.717) is 28.7 Å². The van der Waals surface area contributed by atoms with Crippen LogP contribution in [0.25, 0.3) is 11.0 Å². The molecule has 0 saturated carbocycles. The molecule has 0 atom stereocenters. The van der Waals surface area contributed by atoms with Gasteiger partial charge in [0.1, 0.15) is 16.4 Å². The maximum Gasteiger partial charge on any atom is 0.573 e. The molecule has 0 aliphatic carbocycles. The molecule has 0 radical (unpaired) electrons. The van der Waals surface area contributed by atoms with Gasteiger partial charge in [-0.05, 0) is 42.0 Å². The van der Waals surface area contributed by atoms with Crippen molar-refractivity contribution in [2.45, 2.75) is 22.7 Å². The predicted octanol–water partition coefficient (Wildman–Crippen LogP) is 4.19. The highest BCUT2D eigenvalue weighted by Gasteiger charge is 2.34. The van der Waals surface area contributed by atoms with Gasteiger partial charge in [-0.15, -0.1) is 13.2 Å². The Hall–Kier alpha value is -4.06. The second-order valence-corrected chi connectivity index (χ2v) is 8.95. The SMILES string of the molecule is O=C(NCc1ccc(S(=O)(=O)c2cc(O)ccc2OC(F)(F)F)cc1)c1cc2ccncc2o1. The number of phenolic OH excluding ortho intramolecular Hbond substituents is 1. The minimum atomic E-state index is -5.13. The number of furan rings is 1. The van der Waals surface area contributed by atoms with Crippen LogP contribution in [0.1, 0.15) is 16.1 Å². The lowest BCUT2D eigenvalue weighted by molar-refractivity contribution is -0.275. The van der Waals surface area contributed by atoms with Gasteiger partial charge in [0.15, 0.2) is 11.3 Å². The van der Waals surface area contributed by atoms with Crippen LogP contribution in [0, 0.1) is 0 Å². The summed E-state index contributed by atoms with van der Waals surface area (Å²) in [7, 11) is -4.46. The van der Waals surface area contributed by atoms with Crippen LogP contribution in [-0.4, -0.2) is 30.8 Å². The van der Waals surface area contributed by atoms with Gasteiger partial charge in [0.2, 0.25) is 9.84 Å². The number of nitrogens with one attached hydrogen (secondary N) is 1. The number of fused-ring (bicyclic) bond motifs is 1. The van der Waals surface area contributed by atoms with E-state index in [1.54, 1.807) is 18.3 Å². The number of carbonyl (C=O) groups is 1. The lowest BCUT2D eigenvalue weighted by atomic mass is 10.2. The van der Waals surface area contributed by atoms with Gasteiger partial charge in [-0.3, -0.25) is 9.78 Å². The van der Waals surface area contributed by atoms with Crippen LogP contribution in [0.5, 0.6) is 11.5 Å². The molecule has 0 saturated heterocycles. The number of carbonyl (C=O) groups excluding carboxylic acids is 1. The summed E-state index contributed by atoms with van der Waals surface area (Å²) in [4.78, 5) is 15.1. The molecule has 2 heterocycles. The summed E-state index contributed by atoms with van der Waals surface area (Å²) < 4.78 is 73.0. The molecule has 0 bridgehead atoms. The molecule has 0 spiro atoms. The van der Waals surface area contributed by atoms with Gasteiger partial charge in [-0.1, -0.05) is 12.1 Å².